The Morgan fingerprint density at radius 3 is 2.19 bits per heavy atom. The number of benzene rings is 1. The van der Waals surface area contributed by atoms with Gasteiger partial charge in [-0.1, -0.05) is 60.5 Å². The number of halogens is 1. The molecule has 0 spiro atoms. The molecule has 0 amide bonds. The third kappa shape index (κ3) is 2.51. The van der Waals surface area contributed by atoms with E-state index in [4.69, 9.17) is 0 Å². The van der Waals surface area contributed by atoms with Crippen LogP contribution >= 0.6 is 15.9 Å². The maximum Gasteiger partial charge on any atom is 0.0423 e. The zero-order valence-corrected chi connectivity index (χ0v) is 11.8. The van der Waals surface area contributed by atoms with Crippen molar-refractivity contribution in [3.8, 4) is 0 Å². The summed E-state index contributed by atoms with van der Waals surface area (Å²) >= 11 is 3.84. The van der Waals surface area contributed by atoms with Crippen LogP contribution < -0.4 is 0 Å². The highest BCUT2D eigenvalue weighted by Crippen LogP contribution is 2.43. The Balaban J connectivity index is 2.06. The highest BCUT2D eigenvalue weighted by molar-refractivity contribution is 9.09. The van der Waals surface area contributed by atoms with Crippen LogP contribution in [0.1, 0.15) is 61.4 Å². The average molecular weight is 281 g/mol. The summed E-state index contributed by atoms with van der Waals surface area (Å²) < 4.78 is 0. The van der Waals surface area contributed by atoms with Crippen molar-refractivity contribution < 1.29 is 0 Å². The van der Waals surface area contributed by atoms with Crippen molar-refractivity contribution in [2.45, 2.75) is 50.3 Å². The van der Waals surface area contributed by atoms with E-state index >= 15 is 0 Å². The van der Waals surface area contributed by atoms with E-state index < -0.39 is 0 Å². The molecule has 1 heteroatoms. The normalized spacial score (nSPS) is 20.2. The Kier molecular flexibility index (Phi) is 4.07. The van der Waals surface area contributed by atoms with Crippen LogP contribution in [-0.4, -0.2) is 0 Å². The molecule has 0 N–H and O–H groups in total. The second-order valence-corrected chi connectivity index (χ2v) is 6.06. The van der Waals surface area contributed by atoms with Gasteiger partial charge >= 0.3 is 0 Å². The van der Waals surface area contributed by atoms with Crippen molar-refractivity contribution in [1.82, 2.24) is 0 Å². The second-order valence-electron chi connectivity index (χ2n) is 5.07. The van der Waals surface area contributed by atoms with Gasteiger partial charge < -0.3 is 0 Å². The lowest BCUT2D eigenvalue weighted by Crippen LogP contribution is -2.16. The molecule has 0 heterocycles. The maximum atomic E-state index is 3.84. The molecular formula is C15H21Br. The van der Waals surface area contributed by atoms with Crippen molar-refractivity contribution in [2.24, 2.45) is 5.92 Å². The van der Waals surface area contributed by atoms with E-state index in [9.17, 15) is 0 Å². The van der Waals surface area contributed by atoms with Crippen LogP contribution in [0.5, 0.6) is 0 Å². The van der Waals surface area contributed by atoms with E-state index in [1.54, 1.807) is 0 Å². The van der Waals surface area contributed by atoms with Crippen molar-refractivity contribution in [3.05, 3.63) is 35.4 Å². The molecule has 16 heavy (non-hydrogen) atoms. The first-order valence-electron chi connectivity index (χ1n) is 6.46. The second kappa shape index (κ2) is 5.35. The zero-order valence-electron chi connectivity index (χ0n) is 10.2. The minimum atomic E-state index is 0.576. The Bertz CT molecular complexity index is 324. The van der Waals surface area contributed by atoms with Gasteiger partial charge in [0.25, 0.3) is 0 Å². The molecule has 2 rings (SSSR count). The molecule has 1 aliphatic rings. The lowest BCUT2D eigenvalue weighted by Gasteiger charge is -2.30. The summed E-state index contributed by atoms with van der Waals surface area (Å²) in [5, 5.41) is 0. The van der Waals surface area contributed by atoms with Crippen molar-refractivity contribution in [2.75, 3.05) is 0 Å². The maximum absolute atomic E-state index is 3.84. The van der Waals surface area contributed by atoms with Gasteiger partial charge in [-0.3, -0.25) is 0 Å². The number of hydrogen-bond acceptors (Lipinski definition) is 0. The largest absolute Gasteiger partial charge is 0.0836 e. The Labute approximate surface area is 108 Å². The van der Waals surface area contributed by atoms with Gasteiger partial charge in [-0.25, -0.2) is 0 Å². The van der Waals surface area contributed by atoms with Gasteiger partial charge in [0.15, 0.2) is 0 Å². The fourth-order valence-corrected chi connectivity index (χ4v) is 3.08. The fraction of sp³-hybridized carbons (Fsp3) is 0.600. The van der Waals surface area contributed by atoms with Gasteiger partial charge in [0.1, 0.15) is 0 Å². The molecule has 2 atom stereocenters. The van der Waals surface area contributed by atoms with Gasteiger partial charge in [0, 0.05) is 4.83 Å². The van der Waals surface area contributed by atoms with E-state index in [1.807, 2.05) is 0 Å². The molecule has 2 unspecified atom stereocenters. The molecule has 0 aliphatic heterocycles. The number of rotatable bonds is 4. The summed E-state index contributed by atoms with van der Waals surface area (Å²) in [6, 6.07) is 9.21. The molecule has 1 fully saturated rings. The van der Waals surface area contributed by atoms with Crippen LogP contribution in [0.25, 0.3) is 0 Å². The fourth-order valence-electron chi connectivity index (χ4n) is 2.25. The SMILES string of the molecule is CCC(C)c1ccc(C(Br)C2CCC2)cc1. The van der Waals surface area contributed by atoms with Crippen molar-refractivity contribution in [3.63, 3.8) is 0 Å². The molecule has 88 valence electrons. The van der Waals surface area contributed by atoms with Gasteiger partial charge in [-0.05, 0) is 42.2 Å². The molecule has 1 aliphatic carbocycles. The third-order valence-electron chi connectivity index (χ3n) is 4.00. The third-order valence-corrected chi connectivity index (χ3v) is 5.28. The van der Waals surface area contributed by atoms with Crippen LogP contribution in [0.2, 0.25) is 0 Å². The smallest absolute Gasteiger partial charge is 0.0423 e. The summed E-state index contributed by atoms with van der Waals surface area (Å²) in [6.45, 7) is 4.55. The van der Waals surface area contributed by atoms with Gasteiger partial charge in [0.05, 0.1) is 0 Å². The Hall–Kier alpha value is -0.300. The number of alkyl halides is 1. The van der Waals surface area contributed by atoms with E-state index in [0.717, 1.165) is 5.92 Å². The van der Waals surface area contributed by atoms with Gasteiger partial charge in [-0.2, -0.15) is 0 Å². The minimum absolute atomic E-state index is 0.576. The average Bonchev–Trinajstić information content (AvgIpc) is 2.26. The lowest BCUT2D eigenvalue weighted by molar-refractivity contribution is 0.312. The topological polar surface area (TPSA) is 0 Å². The highest BCUT2D eigenvalue weighted by atomic mass is 79.9. The van der Waals surface area contributed by atoms with Crippen LogP contribution in [0.15, 0.2) is 24.3 Å². The number of hydrogen-bond donors (Lipinski definition) is 0. The lowest BCUT2D eigenvalue weighted by atomic mass is 9.80. The first-order chi connectivity index (χ1) is 7.72. The standard InChI is InChI=1S/C15H21Br/c1-3-11(2)12-7-9-14(10-8-12)15(16)13-5-4-6-13/h7-11,13,15H,3-6H2,1-2H3. The van der Waals surface area contributed by atoms with Crippen LogP contribution in [-0.2, 0) is 0 Å². The Morgan fingerprint density at radius 2 is 1.75 bits per heavy atom. The van der Waals surface area contributed by atoms with Gasteiger partial charge in [-0.15, -0.1) is 0 Å². The van der Waals surface area contributed by atoms with E-state index in [-0.39, 0.29) is 0 Å². The van der Waals surface area contributed by atoms with E-state index in [0.29, 0.717) is 10.7 Å². The van der Waals surface area contributed by atoms with Gasteiger partial charge in [0.2, 0.25) is 0 Å². The molecule has 1 saturated carbocycles. The first-order valence-corrected chi connectivity index (χ1v) is 7.38. The predicted molar refractivity (Wildman–Crippen MR) is 74.2 cm³/mol. The van der Waals surface area contributed by atoms with E-state index in [2.05, 4.69) is 54.0 Å². The monoisotopic (exact) mass is 280 g/mol. The van der Waals surface area contributed by atoms with Crippen LogP contribution in [0, 0.1) is 5.92 Å². The van der Waals surface area contributed by atoms with Crippen LogP contribution in [0.3, 0.4) is 0 Å². The summed E-state index contributed by atoms with van der Waals surface area (Å²) in [6.07, 6.45) is 5.42. The summed E-state index contributed by atoms with van der Waals surface area (Å²) in [5.41, 5.74) is 2.93. The molecular weight excluding hydrogens is 260 g/mol. The first kappa shape index (κ1) is 12.2. The summed E-state index contributed by atoms with van der Waals surface area (Å²) in [4.78, 5) is 0.576. The van der Waals surface area contributed by atoms with Crippen molar-refractivity contribution >= 4 is 15.9 Å². The minimum Gasteiger partial charge on any atom is -0.0836 e. The zero-order chi connectivity index (χ0) is 11.5. The highest BCUT2D eigenvalue weighted by Gasteiger charge is 2.26. The Morgan fingerprint density at radius 1 is 1.19 bits per heavy atom. The molecule has 0 aromatic heterocycles. The predicted octanol–water partition coefficient (Wildman–Crippen LogP) is 5.44. The van der Waals surface area contributed by atoms with Crippen LogP contribution in [0.4, 0.5) is 0 Å². The molecule has 0 saturated heterocycles. The summed E-state index contributed by atoms with van der Waals surface area (Å²) in [7, 11) is 0. The molecule has 1 aromatic carbocycles. The van der Waals surface area contributed by atoms with Crippen molar-refractivity contribution in [1.29, 1.82) is 0 Å². The molecule has 0 radical (unpaired) electrons. The quantitative estimate of drug-likeness (QED) is 0.645. The molecule has 0 nitrogen and oxygen atoms in total. The molecule has 0 bridgehead atoms. The van der Waals surface area contributed by atoms with E-state index in [1.165, 1.54) is 36.8 Å². The molecule has 1 aromatic rings. The summed E-state index contributed by atoms with van der Waals surface area (Å²) in [5.74, 6) is 1.56.